The maximum atomic E-state index is 12.2. The van der Waals surface area contributed by atoms with Gasteiger partial charge in [-0.1, -0.05) is 19.9 Å². The molecule has 0 aromatic heterocycles. The lowest BCUT2D eigenvalue weighted by Crippen LogP contribution is -2.32. The molecule has 0 heterocycles. The van der Waals surface area contributed by atoms with Gasteiger partial charge in [0.25, 0.3) is 0 Å². The highest BCUT2D eigenvalue weighted by atomic mass is 16.5. The molecule has 1 aromatic carbocycles. The van der Waals surface area contributed by atoms with E-state index in [2.05, 4.69) is 19.2 Å². The summed E-state index contributed by atoms with van der Waals surface area (Å²) in [5.74, 6) is 1.73. The lowest BCUT2D eigenvalue weighted by molar-refractivity contribution is -0.122. The maximum absolute atomic E-state index is 12.2. The van der Waals surface area contributed by atoms with E-state index in [-0.39, 0.29) is 23.9 Å². The number of carbonyl (C=O) groups is 1. The van der Waals surface area contributed by atoms with Crippen molar-refractivity contribution in [1.29, 1.82) is 0 Å². The van der Waals surface area contributed by atoms with Crippen molar-refractivity contribution in [1.82, 2.24) is 5.32 Å². The first-order valence-electron chi connectivity index (χ1n) is 8.83. The van der Waals surface area contributed by atoms with Gasteiger partial charge in [0.2, 0.25) is 5.91 Å². The van der Waals surface area contributed by atoms with Crippen molar-refractivity contribution in [2.75, 3.05) is 13.2 Å². The monoisotopic (exact) mass is 336 g/mol. The van der Waals surface area contributed by atoms with E-state index in [4.69, 9.17) is 15.2 Å². The molecule has 1 aromatic rings. The molecule has 1 amide bonds. The lowest BCUT2D eigenvalue weighted by atomic mass is 9.95. The molecule has 24 heavy (non-hydrogen) atoms. The molecule has 0 aliphatic carbocycles. The molecule has 0 spiro atoms. The number of benzene rings is 1. The van der Waals surface area contributed by atoms with E-state index in [9.17, 15) is 4.79 Å². The summed E-state index contributed by atoms with van der Waals surface area (Å²) in [4.78, 5) is 12.2. The van der Waals surface area contributed by atoms with E-state index < -0.39 is 0 Å². The lowest BCUT2D eigenvalue weighted by Gasteiger charge is -2.24. The normalized spacial score (nSPS) is 13.5. The van der Waals surface area contributed by atoms with Gasteiger partial charge in [0, 0.05) is 12.5 Å². The molecule has 5 nitrogen and oxygen atoms in total. The second-order valence-electron chi connectivity index (χ2n) is 6.38. The van der Waals surface area contributed by atoms with Crippen molar-refractivity contribution in [3.8, 4) is 11.5 Å². The molecule has 0 saturated carbocycles. The fourth-order valence-corrected chi connectivity index (χ4v) is 2.50. The summed E-state index contributed by atoms with van der Waals surface area (Å²) in [5, 5.41) is 3.12. The smallest absolute Gasteiger partial charge is 0.220 e. The van der Waals surface area contributed by atoms with Crippen molar-refractivity contribution in [3.05, 3.63) is 23.8 Å². The topological polar surface area (TPSA) is 73.6 Å². The summed E-state index contributed by atoms with van der Waals surface area (Å²) in [7, 11) is 0. The van der Waals surface area contributed by atoms with Gasteiger partial charge in [0.15, 0.2) is 11.5 Å². The summed E-state index contributed by atoms with van der Waals surface area (Å²) in [6, 6.07) is 5.83. The highest BCUT2D eigenvalue weighted by molar-refractivity contribution is 5.76. The van der Waals surface area contributed by atoms with Gasteiger partial charge >= 0.3 is 0 Å². The average molecular weight is 336 g/mol. The van der Waals surface area contributed by atoms with Crippen LogP contribution in [-0.2, 0) is 4.79 Å². The first-order chi connectivity index (χ1) is 11.4. The van der Waals surface area contributed by atoms with Gasteiger partial charge in [0.05, 0.1) is 19.3 Å². The van der Waals surface area contributed by atoms with Crippen molar-refractivity contribution in [2.24, 2.45) is 11.7 Å². The minimum absolute atomic E-state index is 0.0258. The quantitative estimate of drug-likeness (QED) is 0.686. The molecule has 0 fully saturated rings. The number of rotatable bonds is 10. The predicted octanol–water partition coefficient (Wildman–Crippen LogP) is 3.42. The molecule has 1 rings (SSSR count). The number of amides is 1. The maximum Gasteiger partial charge on any atom is 0.220 e. The zero-order valence-corrected chi connectivity index (χ0v) is 15.6. The van der Waals surface area contributed by atoms with Gasteiger partial charge in [-0.2, -0.15) is 0 Å². The Kier molecular flexibility index (Phi) is 8.61. The van der Waals surface area contributed by atoms with E-state index >= 15 is 0 Å². The minimum Gasteiger partial charge on any atom is -0.490 e. The number of hydrogen-bond acceptors (Lipinski definition) is 4. The Balaban J connectivity index is 2.95. The minimum atomic E-state index is -0.0690. The summed E-state index contributed by atoms with van der Waals surface area (Å²) < 4.78 is 11.3. The molecule has 3 N–H and O–H groups in total. The van der Waals surface area contributed by atoms with Crippen LogP contribution in [0.1, 0.15) is 59.1 Å². The molecular formula is C19H32N2O3. The van der Waals surface area contributed by atoms with E-state index in [1.54, 1.807) is 0 Å². The second kappa shape index (κ2) is 10.2. The van der Waals surface area contributed by atoms with Crippen LogP contribution in [0.2, 0.25) is 0 Å². The molecule has 5 heteroatoms. The van der Waals surface area contributed by atoms with Gasteiger partial charge in [-0.15, -0.1) is 0 Å². The largest absolute Gasteiger partial charge is 0.490 e. The zero-order chi connectivity index (χ0) is 18.1. The Morgan fingerprint density at radius 1 is 1.12 bits per heavy atom. The first-order valence-corrected chi connectivity index (χ1v) is 8.83. The number of carbonyl (C=O) groups excluding carboxylic acids is 1. The molecule has 2 atom stereocenters. The van der Waals surface area contributed by atoms with E-state index in [1.807, 2.05) is 39.0 Å². The molecule has 0 aliphatic rings. The van der Waals surface area contributed by atoms with Crippen LogP contribution in [0.3, 0.4) is 0 Å². The van der Waals surface area contributed by atoms with Gasteiger partial charge < -0.3 is 20.5 Å². The highest BCUT2D eigenvalue weighted by Crippen LogP contribution is 2.33. The predicted molar refractivity (Wildman–Crippen MR) is 97.4 cm³/mol. The van der Waals surface area contributed by atoms with Crippen LogP contribution < -0.4 is 20.5 Å². The van der Waals surface area contributed by atoms with Crippen LogP contribution >= 0.6 is 0 Å². The number of hydrogen-bond donors (Lipinski definition) is 2. The average Bonchev–Trinajstić information content (AvgIpc) is 2.52. The third-order valence-corrected chi connectivity index (χ3v) is 3.74. The Morgan fingerprint density at radius 2 is 1.75 bits per heavy atom. The Hall–Kier alpha value is -1.75. The molecule has 136 valence electrons. The standard InChI is InChI=1S/C19H32N2O3/c1-6-23-16-10-9-15(12-17(16)24-7-2)19(13(3)4)21-18(22)11-8-14(5)20/h9-10,12-14,19H,6-8,11,20H2,1-5H3,(H,21,22). The van der Waals surface area contributed by atoms with E-state index in [1.165, 1.54) is 0 Å². The van der Waals surface area contributed by atoms with Crippen LogP contribution in [0, 0.1) is 5.92 Å². The molecule has 0 saturated heterocycles. The van der Waals surface area contributed by atoms with Gasteiger partial charge in [-0.05, 0) is 50.8 Å². The summed E-state index contributed by atoms with van der Waals surface area (Å²) >= 11 is 0. The summed E-state index contributed by atoms with van der Waals surface area (Å²) in [6.07, 6.45) is 1.13. The Labute approximate surface area is 145 Å². The number of nitrogens with one attached hydrogen (secondary N) is 1. The molecule has 0 bridgehead atoms. The van der Waals surface area contributed by atoms with E-state index in [0.717, 1.165) is 11.3 Å². The fourth-order valence-electron chi connectivity index (χ4n) is 2.50. The van der Waals surface area contributed by atoms with Crippen molar-refractivity contribution >= 4 is 5.91 Å². The first kappa shape index (κ1) is 20.3. The fraction of sp³-hybridized carbons (Fsp3) is 0.632. The summed E-state index contributed by atoms with van der Waals surface area (Å²) in [5.41, 5.74) is 6.75. The SMILES string of the molecule is CCOc1ccc(C(NC(=O)CCC(C)N)C(C)C)cc1OCC. The third kappa shape index (κ3) is 6.40. The zero-order valence-electron chi connectivity index (χ0n) is 15.6. The van der Waals surface area contributed by atoms with Gasteiger partial charge in [-0.25, -0.2) is 0 Å². The van der Waals surface area contributed by atoms with Crippen LogP contribution in [0.15, 0.2) is 18.2 Å². The molecule has 0 aliphatic heterocycles. The highest BCUT2D eigenvalue weighted by Gasteiger charge is 2.20. The van der Waals surface area contributed by atoms with Crippen molar-refractivity contribution < 1.29 is 14.3 Å². The summed E-state index contributed by atoms with van der Waals surface area (Å²) in [6.45, 7) is 11.1. The second-order valence-corrected chi connectivity index (χ2v) is 6.38. The number of ether oxygens (including phenoxy) is 2. The van der Waals surface area contributed by atoms with E-state index in [0.29, 0.717) is 31.8 Å². The van der Waals surface area contributed by atoms with Crippen LogP contribution in [0.25, 0.3) is 0 Å². The van der Waals surface area contributed by atoms with Crippen LogP contribution in [0.4, 0.5) is 0 Å². The van der Waals surface area contributed by atoms with Gasteiger partial charge in [0.1, 0.15) is 0 Å². The molecule has 2 unspecified atom stereocenters. The Morgan fingerprint density at radius 3 is 2.29 bits per heavy atom. The molecule has 0 radical (unpaired) electrons. The van der Waals surface area contributed by atoms with Crippen molar-refractivity contribution in [2.45, 2.75) is 59.5 Å². The van der Waals surface area contributed by atoms with Crippen molar-refractivity contribution in [3.63, 3.8) is 0 Å². The van der Waals surface area contributed by atoms with Gasteiger partial charge in [-0.3, -0.25) is 4.79 Å². The van der Waals surface area contributed by atoms with Crippen LogP contribution in [0.5, 0.6) is 11.5 Å². The van der Waals surface area contributed by atoms with Crippen LogP contribution in [-0.4, -0.2) is 25.2 Å². The molecular weight excluding hydrogens is 304 g/mol. The third-order valence-electron chi connectivity index (χ3n) is 3.74. The Bertz CT molecular complexity index is 515. The number of nitrogens with two attached hydrogens (primary N) is 1.